The summed E-state index contributed by atoms with van der Waals surface area (Å²) in [5, 5.41) is 17.3. The highest BCUT2D eigenvalue weighted by Crippen LogP contribution is 2.18. The van der Waals surface area contributed by atoms with Crippen molar-refractivity contribution in [1.82, 2.24) is 0 Å². The van der Waals surface area contributed by atoms with Crippen molar-refractivity contribution in [3.8, 4) is 0 Å². The van der Waals surface area contributed by atoms with Gasteiger partial charge in [0, 0.05) is 51.0 Å². The zero-order chi connectivity index (χ0) is 26.5. The molecule has 0 saturated carbocycles. The van der Waals surface area contributed by atoms with Crippen molar-refractivity contribution in [1.29, 1.82) is 0 Å². The summed E-state index contributed by atoms with van der Waals surface area (Å²) in [4.78, 5) is 0. The molecule has 0 bridgehead atoms. The lowest BCUT2D eigenvalue weighted by atomic mass is 10.4. The molecular formula is C23H35Cl3O5Si3. The quantitative estimate of drug-likeness (QED) is 0.357. The van der Waals surface area contributed by atoms with Crippen LogP contribution in [0.2, 0.25) is 0 Å². The number of benzene rings is 3. The normalized spacial score (nSPS) is 10.1. The molecule has 34 heavy (non-hydrogen) atoms. The van der Waals surface area contributed by atoms with Crippen molar-refractivity contribution in [3.05, 3.63) is 91.0 Å². The van der Waals surface area contributed by atoms with Crippen LogP contribution in [0.3, 0.4) is 0 Å². The van der Waals surface area contributed by atoms with Crippen LogP contribution in [0.15, 0.2) is 91.0 Å². The van der Waals surface area contributed by atoms with Crippen LogP contribution in [0.5, 0.6) is 0 Å². The maximum Gasteiger partial charge on any atom is 0.536 e. The van der Waals surface area contributed by atoms with Crippen molar-refractivity contribution in [2.24, 2.45) is 0 Å². The molecule has 0 amide bonds. The van der Waals surface area contributed by atoms with E-state index in [1.165, 1.54) is 15.4 Å². The van der Waals surface area contributed by atoms with Crippen molar-refractivity contribution in [3.63, 3.8) is 0 Å². The van der Waals surface area contributed by atoms with Gasteiger partial charge in [-0.25, -0.2) is 0 Å². The lowest BCUT2D eigenvalue weighted by molar-refractivity contribution is 0.140. The van der Waals surface area contributed by atoms with E-state index in [0.717, 1.165) is 24.6 Å². The summed E-state index contributed by atoms with van der Waals surface area (Å²) in [6, 6.07) is 26.9. The third-order valence-corrected chi connectivity index (χ3v) is 10.2. The molecule has 0 unspecified atom stereocenters. The Hall–Kier alpha value is -1.02. The third-order valence-electron chi connectivity index (χ3n) is 3.98. The molecule has 0 aliphatic heterocycles. The van der Waals surface area contributed by atoms with Gasteiger partial charge in [-0.2, -0.15) is 0 Å². The molecular weight excluding hydrogens is 547 g/mol. The first-order chi connectivity index (χ1) is 16.3. The second-order valence-electron chi connectivity index (χ2n) is 6.05. The van der Waals surface area contributed by atoms with E-state index in [0.29, 0.717) is 0 Å². The fourth-order valence-corrected chi connectivity index (χ4v) is 6.30. The molecule has 3 aromatic carbocycles. The Morgan fingerprint density at radius 1 is 0.559 bits per heavy atom. The van der Waals surface area contributed by atoms with Crippen LogP contribution < -0.4 is 15.6 Å². The van der Waals surface area contributed by atoms with Gasteiger partial charge in [-0.3, -0.25) is 0 Å². The van der Waals surface area contributed by atoms with E-state index in [9.17, 15) is 0 Å². The summed E-state index contributed by atoms with van der Waals surface area (Å²) in [5.74, 6) is 0. The Kier molecular flexibility index (Phi) is 22.0. The molecule has 0 saturated heterocycles. The van der Waals surface area contributed by atoms with E-state index in [1.807, 2.05) is 66.7 Å². The fourth-order valence-electron chi connectivity index (χ4n) is 2.41. The van der Waals surface area contributed by atoms with Gasteiger partial charge in [0.2, 0.25) is 0 Å². The minimum atomic E-state index is -2.62. The molecule has 0 fully saturated rings. The minimum absolute atomic E-state index is 0.833. The van der Waals surface area contributed by atoms with Crippen LogP contribution in [0, 0.1) is 0 Å². The highest BCUT2D eigenvalue weighted by Gasteiger charge is 2.40. The van der Waals surface area contributed by atoms with Gasteiger partial charge >= 0.3 is 14.8 Å². The van der Waals surface area contributed by atoms with E-state index >= 15 is 0 Å². The van der Waals surface area contributed by atoms with Crippen LogP contribution in [0.25, 0.3) is 0 Å². The molecule has 0 aliphatic rings. The van der Waals surface area contributed by atoms with E-state index in [4.69, 9.17) is 56.7 Å². The second kappa shape index (κ2) is 21.3. The van der Waals surface area contributed by atoms with Gasteiger partial charge in [-0.05, 0) is 5.19 Å². The average Bonchev–Trinajstić information content (AvgIpc) is 2.90. The molecule has 0 aromatic heterocycles. The Labute approximate surface area is 223 Å². The van der Waals surface area contributed by atoms with Gasteiger partial charge in [0.05, 0.1) is 0 Å². The highest BCUT2D eigenvalue weighted by molar-refractivity contribution is 7.69. The third kappa shape index (κ3) is 14.4. The molecule has 3 aromatic rings. The smallest absolute Gasteiger partial charge is 0.400 e. The van der Waals surface area contributed by atoms with Crippen LogP contribution in [0.4, 0.5) is 0 Å². The summed E-state index contributed by atoms with van der Waals surface area (Å²) in [6.45, 7) is 0. The maximum atomic E-state index is 7.00. The summed E-state index contributed by atoms with van der Waals surface area (Å²) >= 11 is 17.2. The van der Waals surface area contributed by atoms with Crippen molar-refractivity contribution in [2.75, 3.05) is 35.5 Å². The van der Waals surface area contributed by atoms with Gasteiger partial charge in [-0.15, -0.1) is 33.2 Å². The van der Waals surface area contributed by atoms with Crippen LogP contribution in [-0.4, -0.2) is 70.8 Å². The zero-order valence-electron chi connectivity index (χ0n) is 20.4. The van der Waals surface area contributed by atoms with E-state index in [2.05, 4.69) is 24.3 Å². The average molecular weight is 582 g/mol. The molecule has 0 heterocycles. The predicted octanol–water partition coefficient (Wildman–Crippen LogP) is 2.21. The standard InChI is InChI=1S/C9H14O3Si.C6H5Cl3Si.C6H8Si.2CH4O/c1-10-13(11-2,12-3)9-7-5-4-6-8-9;7-10(8,9)6-4-2-1-3-5-6;7-6-4-2-1-3-5-6;2*1-2/h4-8H,1-3H3;1-5H;1-5H,7H3;2*2H,1H3. The Morgan fingerprint density at radius 2 is 0.853 bits per heavy atom. The SMILES string of the molecule is CO.CO.CO[Si](OC)(OC)c1ccccc1.Cl[Si](Cl)(Cl)c1ccccc1.[SiH3]c1ccccc1. The number of aliphatic hydroxyl groups excluding tert-OH is 2. The van der Waals surface area contributed by atoms with Crippen LogP contribution in [0.1, 0.15) is 0 Å². The van der Waals surface area contributed by atoms with Crippen molar-refractivity contribution >= 4 is 73.8 Å². The minimum Gasteiger partial charge on any atom is -0.400 e. The first kappa shape index (κ1) is 35.1. The van der Waals surface area contributed by atoms with Gasteiger partial charge in [-0.1, -0.05) is 96.2 Å². The van der Waals surface area contributed by atoms with E-state index in [-0.39, 0.29) is 0 Å². The number of aliphatic hydroxyl groups is 2. The van der Waals surface area contributed by atoms with Crippen LogP contribution in [-0.2, 0) is 13.3 Å². The van der Waals surface area contributed by atoms with Gasteiger partial charge < -0.3 is 23.5 Å². The first-order valence-corrected chi connectivity index (χ1v) is 17.8. The second-order valence-corrected chi connectivity index (χ2v) is 18.5. The number of halogens is 3. The lowest BCUT2D eigenvalue weighted by Gasteiger charge is -2.24. The molecule has 0 spiro atoms. The molecule has 3 rings (SSSR count). The van der Waals surface area contributed by atoms with E-state index in [1.54, 1.807) is 21.3 Å². The summed E-state index contributed by atoms with van der Waals surface area (Å²) in [7, 11) is 5.39. The summed E-state index contributed by atoms with van der Waals surface area (Å²) in [6.07, 6.45) is 0. The topological polar surface area (TPSA) is 68.2 Å². The molecule has 190 valence electrons. The lowest BCUT2D eigenvalue weighted by Crippen LogP contribution is -2.54. The molecule has 11 heteroatoms. The van der Waals surface area contributed by atoms with Gasteiger partial charge in [0.1, 0.15) is 0 Å². The monoisotopic (exact) mass is 580 g/mol. The molecule has 0 atom stereocenters. The Morgan fingerprint density at radius 3 is 1.06 bits per heavy atom. The molecule has 0 aliphatic carbocycles. The van der Waals surface area contributed by atoms with Crippen molar-refractivity contribution < 1.29 is 23.5 Å². The van der Waals surface area contributed by atoms with E-state index < -0.39 is 14.8 Å². The Balaban J connectivity index is 0. The highest BCUT2D eigenvalue weighted by atomic mass is 35.8. The van der Waals surface area contributed by atoms with Gasteiger partial charge in [0.25, 0.3) is 0 Å². The number of hydrogen-bond acceptors (Lipinski definition) is 5. The summed E-state index contributed by atoms with van der Waals surface area (Å²) < 4.78 is 16.0. The zero-order valence-corrected chi connectivity index (χ0v) is 26.7. The first-order valence-electron chi connectivity index (χ1n) is 10.0. The number of hydrogen-bond donors (Lipinski definition) is 2. The molecule has 0 radical (unpaired) electrons. The predicted molar refractivity (Wildman–Crippen MR) is 155 cm³/mol. The van der Waals surface area contributed by atoms with Gasteiger partial charge in [0.15, 0.2) is 0 Å². The summed E-state index contributed by atoms with van der Waals surface area (Å²) in [5.41, 5.74) is 0. The molecule has 5 nitrogen and oxygen atoms in total. The maximum absolute atomic E-state index is 7.00. The van der Waals surface area contributed by atoms with Crippen LogP contribution >= 0.6 is 33.2 Å². The number of rotatable bonds is 5. The molecule has 2 N–H and O–H groups in total. The largest absolute Gasteiger partial charge is 0.536 e. The van der Waals surface area contributed by atoms with Crippen molar-refractivity contribution in [2.45, 2.75) is 0 Å². The fraction of sp³-hybridized carbons (Fsp3) is 0.217. The Bertz CT molecular complexity index is 815.